The maximum absolute atomic E-state index is 12.8. The summed E-state index contributed by atoms with van der Waals surface area (Å²) in [4.78, 5) is 88.9. The average Bonchev–Trinajstić information content (AvgIpc) is 3.14. The molecule has 0 aliphatic rings. The lowest BCUT2D eigenvalue weighted by atomic mass is 9.93. The molecule has 3 amide bonds. The van der Waals surface area contributed by atoms with Gasteiger partial charge in [0.1, 0.15) is 30.1 Å². The highest BCUT2D eigenvalue weighted by Gasteiger charge is 2.30. The summed E-state index contributed by atoms with van der Waals surface area (Å²) >= 11 is 0. The number of carbonyl (C=O) groups excluding carboxylic acids is 4. The molecule has 288 valence electrons. The molecule has 0 unspecified atom stereocenters. The van der Waals surface area contributed by atoms with Crippen LogP contribution >= 0.6 is 0 Å². The van der Waals surface area contributed by atoms with Crippen LogP contribution in [-0.4, -0.2) is 131 Å². The minimum atomic E-state index is -1.88. The first-order valence-corrected chi connectivity index (χ1v) is 16.4. The molecule has 1 aromatic carbocycles. The van der Waals surface area contributed by atoms with Gasteiger partial charge in [0, 0.05) is 50.0 Å². The Hall–Kier alpha value is -5.61. The molecule has 3 aromatic rings. The van der Waals surface area contributed by atoms with Crippen molar-refractivity contribution in [3.63, 3.8) is 0 Å². The van der Waals surface area contributed by atoms with E-state index in [9.17, 15) is 54.3 Å². The Balaban J connectivity index is 1.48. The van der Waals surface area contributed by atoms with Gasteiger partial charge in [-0.3, -0.25) is 29.0 Å². The zero-order chi connectivity index (χ0) is 39.2. The number of benzene rings is 1. The number of aromatic nitrogens is 4. The number of hydrogen-bond donors (Lipinski definition) is 12. The van der Waals surface area contributed by atoms with Gasteiger partial charge < -0.3 is 57.6 Å². The third kappa shape index (κ3) is 12.5. The fraction of sp³-hybridized carbons (Fsp3) is 0.469. The van der Waals surface area contributed by atoms with Gasteiger partial charge in [0.15, 0.2) is 11.2 Å². The monoisotopic (exact) mass is 745 g/mol. The fourth-order valence-electron chi connectivity index (χ4n) is 5.00. The van der Waals surface area contributed by atoms with Gasteiger partial charge in [0.2, 0.25) is 17.8 Å². The zero-order valence-corrected chi connectivity index (χ0v) is 28.6. The van der Waals surface area contributed by atoms with Crippen molar-refractivity contribution in [1.82, 2.24) is 35.9 Å². The zero-order valence-electron chi connectivity index (χ0n) is 28.6. The molecule has 53 heavy (non-hydrogen) atoms. The van der Waals surface area contributed by atoms with Crippen LogP contribution in [0.25, 0.3) is 11.2 Å². The third-order valence-electron chi connectivity index (χ3n) is 8.07. The van der Waals surface area contributed by atoms with Crippen LogP contribution in [0.2, 0.25) is 0 Å². The Morgan fingerprint density at radius 2 is 1.62 bits per heavy atom. The van der Waals surface area contributed by atoms with E-state index in [1.807, 2.05) is 0 Å². The number of nitrogens with one attached hydrogen (secondary N) is 5. The predicted octanol–water partition coefficient (Wildman–Crippen LogP) is -3.48. The number of carbonyl (C=O) groups is 5. The molecule has 13 N–H and O–H groups in total. The highest BCUT2D eigenvalue weighted by Crippen LogP contribution is 2.16. The largest absolute Gasteiger partial charge is 0.480 e. The SMILES string of the molecule is CNC(=O)[C@H](CCC(=O)NC[C@H](O)[C@@H](O)[C@H](O)[C@H](O)CO)CC(=O)CC[C@@H](NC(=O)c1ccc(NCc2cnc3nc(N)[nH]c(=O)c3n2)cc1)C(=O)O. The maximum atomic E-state index is 12.8. The van der Waals surface area contributed by atoms with Gasteiger partial charge >= 0.3 is 5.97 Å². The van der Waals surface area contributed by atoms with Crippen molar-refractivity contribution in [2.75, 3.05) is 31.2 Å². The molecule has 0 bridgehead atoms. The number of Topliss-reactive ketones (excluding diaryl/α,β-unsaturated/α-hetero) is 1. The van der Waals surface area contributed by atoms with Crippen LogP contribution < -0.4 is 32.6 Å². The molecule has 0 saturated carbocycles. The number of aliphatic carboxylic acids is 1. The first kappa shape index (κ1) is 41.8. The second-order valence-electron chi connectivity index (χ2n) is 12.0. The number of amides is 3. The van der Waals surface area contributed by atoms with E-state index in [0.29, 0.717) is 11.4 Å². The predicted molar refractivity (Wildman–Crippen MR) is 185 cm³/mol. The van der Waals surface area contributed by atoms with Gasteiger partial charge in [-0.1, -0.05) is 0 Å². The topological polar surface area (TPSA) is 352 Å². The summed E-state index contributed by atoms with van der Waals surface area (Å²) in [5, 5.41) is 67.6. The molecule has 3 rings (SSSR count). The number of H-pyrrole nitrogens is 1. The number of aliphatic hydroxyl groups excluding tert-OH is 5. The molecular formula is C32H43N9O12. The second kappa shape index (κ2) is 19.8. The number of aliphatic hydroxyl groups is 5. The lowest BCUT2D eigenvalue weighted by molar-refractivity contribution is -0.139. The summed E-state index contributed by atoms with van der Waals surface area (Å²) in [6.45, 7) is -1.23. The molecule has 2 heterocycles. The fourth-order valence-corrected chi connectivity index (χ4v) is 5.00. The maximum Gasteiger partial charge on any atom is 0.326 e. The normalized spacial score (nSPS) is 14.6. The van der Waals surface area contributed by atoms with E-state index in [4.69, 9.17) is 10.8 Å². The number of nitrogen functional groups attached to an aromatic ring is 1. The highest BCUT2D eigenvalue weighted by atomic mass is 16.4. The van der Waals surface area contributed by atoms with Crippen molar-refractivity contribution in [3.05, 3.63) is 52.1 Å². The first-order valence-electron chi connectivity index (χ1n) is 16.4. The Labute approximate surface area is 301 Å². The van der Waals surface area contributed by atoms with Crippen LogP contribution in [0.4, 0.5) is 11.6 Å². The van der Waals surface area contributed by atoms with Crippen molar-refractivity contribution >= 4 is 52.3 Å². The van der Waals surface area contributed by atoms with Crippen LogP contribution in [0.15, 0.2) is 35.3 Å². The first-order chi connectivity index (χ1) is 25.1. The van der Waals surface area contributed by atoms with E-state index in [2.05, 4.69) is 41.2 Å². The molecular weight excluding hydrogens is 702 g/mol. The summed E-state index contributed by atoms with van der Waals surface area (Å²) in [7, 11) is 1.33. The summed E-state index contributed by atoms with van der Waals surface area (Å²) in [5.74, 6) is -4.85. The number of nitrogens with zero attached hydrogens (tertiary/aromatic N) is 3. The minimum Gasteiger partial charge on any atom is -0.480 e. The van der Waals surface area contributed by atoms with E-state index in [1.165, 1.54) is 25.4 Å². The Bertz CT molecular complexity index is 1810. The Morgan fingerprint density at radius 3 is 2.26 bits per heavy atom. The summed E-state index contributed by atoms with van der Waals surface area (Å²) in [6, 6.07) is 4.59. The molecule has 0 radical (unpaired) electrons. The molecule has 21 heteroatoms. The number of aromatic amines is 1. The number of carboxylic acids is 1. The van der Waals surface area contributed by atoms with Gasteiger partial charge in [-0.15, -0.1) is 0 Å². The number of anilines is 2. The van der Waals surface area contributed by atoms with Crippen LogP contribution in [0.1, 0.15) is 48.2 Å². The number of rotatable bonds is 21. The quantitative estimate of drug-likeness (QED) is 0.0504. The molecule has 0 aliphatic carbocycles. The van der Waals surface area contributed by atoms with Crippen molar-refractivity contribution in [2.45, 2.75) is 69.1 Å². The van der Waals surface area contributed by atoms with Gasteiger partial charge in [0.25, 0.3) is 11.5 Å². The standard InChI is InChI=1S/C32H43N9O12/c1-34-28(49)16(4-9-23(46)36-13-21(44)25(47)26(48)22(45)14-42)10-19(43)7-8-20(31(52)53)39-29(50)15-2-5-17(6-3-15)35-11-18-12-37-27-24(38-18)30(51)41-32(33)40-27/h2-3,5-6,12,16,20-22,25-26,35,42,44-45,47-48H,4,7-11,13-14H2,1H3,(H,34,49)(H,36,46)(H,39,50)(H,52,53)(H3,33,37,40,41,51)/t16-,20-,21+,22-,25-,26-/m1/s1. The number of fused-ring (bicyclic) bond motifs is 1. The van der Waals surface area contributed by atoms with Crippen LogP contribution in [0.5, 0.6) is 0 Å². The van der Waals surface area contributed by atoms with Crippen molar-refractivity contribution in [1.29, 1.82) is 0 Å². The second-order valence-corrected chi connectivity index (χ2v) is 12.0. The Kier molecular flexibility index (Phi) is 15.7. The molecule has 0 saturated heterocycles. The summed E-state index contributed by atoms with van der Waals surface area (Å²) in [6.07, 6.45) is -7.04. The average molecular weight is 746 g/mol. The molecule has 2 aromatic heterocycles. The highest BCUT2D eigenvalue weighted by molar-refractivity contribution is 5.97. The van der Waals surface area contributed by atoms with Crippen molar-refractivity contribution in [2.24, 2.45) is 5.92 Å². The molecule has 6 atom stereocenters. The lowest BCUT2D eigenvalue weighted by Gasteiger charge is -2.25. The van der Waals surface area contributed by atoms with E-state index >= 15 is 0 Å². The van der Waals surface area contributed by atoms with Gasteiger partial charge in [-0.05, 0) is 37.1 Å². The van der Waals surface area contributed by atoms with Crippen LogP contribution in [0.3, 0.4) is 0 Å². The molecule has 0 spiro atoms. The number of ketones is 1. The van der Waals surface area contributed by atoms with Gasteiger partial charge in [-0.25, -0.2) is 14.8 Å². The number of nitrogens with two attached hydrogens (primary N) is 1. The smallest absolute Gasteiger partial charge is 0.326 e. The van der Waals surface area contributed by atoms with E-state index in [-0.39, 0.29) is 61.3 Å². The minimum absolute atomic E-state index is 0.0151. The summed E-state index contributed by atoms with van der Waals surface area (Å²) < 4.78 is 0. The van der Waals surface area contributed by atoms with Crippen molar-refractivity contribution in [3.8, 4) is 0 Å². The Morgan fingerprint density at radius 1 is 0.943 bits per heavy atom. The van der Waals surface area contributed by atoms with E-state index < -0.39 is 84.6 Å². The summed E-state index contributed by atoms with van der Waals surface area (Å²) in [5.41, 5.74) is 6.21. The molecule has 21 nitrogen and oxygen atoms in total. The van der Waals surface area contributed by atoms with Gasteiger partial charge in [-0.2, -0.15) is 4.98 Å². The molecule has 0 fully saturated rings. The van der Waals surface area contributed by atoms with Crippen molar-refractivity contribution < 1.29 is 54.6 Å². The van der Waals surface area contributed by atoms with Gasteiger partial charge in [0.05, 0.1) is 31.1 Å². The van der Waals surface area contributed by atoms with Crippen LogP contribution in [0, 0.1) is 5.92 Å². The number of carboxylic acid groups (broad SMARTS) is 1. The lowest BCUT2D eigenvalue weighted by Crippen LogP contribution is -2.49. The van der Waals surface area contributed by atoms with E-state index in [0.717, 1.165) is 0 Å². The number of hydrogen-bond acceptors (Lipinski definition) is 16. The van der Waals surface area contributed by atoms with Crippen LogP contribution in [-0.2, 0) is 25.7 Å². The molecule has 0 aliphatic heterocycles. The van der Waals surface area contributed by atoms with E-state index in [1.54, 1.807) is 12.1 Å². The third-order valence-corrected chi connectivity index (χ3v) is 8.07.